The van der Waals surface area contributed by atoms with Gasteiger partial charge in [-0.05, 0) is 69.0 Å². The maximum absolute atomic E-state index is 12.9. The zero-order valence-electron chi connectivity index (χ0n) is 18.1. The van der Waals surface area contributed by atoms with Gasteiger partial charge in [-0.2, -0.15) is 8.42 Å². The molecule has 0 amide bonds. The number of hydrogen-bond acceptors (Lipinski definition) is 4. The van der Waals surface area contributed by atoms with Gasteiger partial charge in [-0.3, -0.25) is 0 Å². The van der Waals surface area contributed by atoms with Crippen LogP contribution in [0.3, 0.4) is 0 Å². The van der Waals surface area contributed by atoms with Gasteiger partial charge >= 0.3 is 10.1 Å². The Bertz CT molecular complexity index is 1190. The largest absolute Gasteiger partial charge is 0.379 e. The molecule has 3 aromatic rings. The van der Waals surface area contributed by atoms with E-state index in [1.165, 1.54) is 0 Å². The van der Waals surface area contributed by atoms with Crippen LogP contribution >= 0.6 is 0 Å². The zero-order valence-corrected chi connectivity index (χ0v) is 21.7. The minimum absolute atomic E-state index is 0. The summed E-state index contributed by atoms with van der Waals surface area (Å²) in [4.78, 5) is 0.446. The predicted octanol–water partition coefficient (Wildman–Crippen LogP) is 4.36. The van der Waals surface area contributed by atoms with Crippen molar-refractivity contribution >= 4 is 50.8 Å². The molecule has 1 atom stereocenters. The first-order valence-corrected chi connectivity index (χ1v) is 12.0. The molecule has 3 rings (SSSR count). The van der Waals surface area contributed by atoms with Gasteiger partial charge in [0, 0.05) is 29.6 Å². The number of rotatable bonds is 7. The monoisotopic (exact) mass is 467 g/mol. The van der Waals surface area contributed by atoms with Gasteiger partial charge < -0.3 is 8.74 Å². The molecule has 0 bridgehead atoms. The third kappa shape index (κ3) is 6.75. The van der Waals surface area contributed by atoms with E-state index in [0.717, 1.165) is 22.3 Å². The molecule has 0 heterocycles. The molecule has 0 spiro atoms. The molecule has 0 saturated carbocycles. The molecule has 5 nitrogen and oxygen atoms in total. The fraction of sp³-hybridized carbons (Fsp3) is 0.217. The Morgan fingerprint density at radius 2 is 1.32 bits per heavy atom. The smallest absolute Gasteiger partial charge is 0.339 e. The summed E-state index contributed by atoms with van der Waals surface area (Å²) in [5.41, 5.74) is 4.23. The van der Waals surface area contributed by atoms with Gasteiger partial charge in [0.25, 0.3) is 0 Å². The van der Waals surface area contributed by atoms with Crippen molar-refractivity contribution < 1.29 is 21.4 Å². The summed E-state index contributed by atoms with van der Waals surface area (Å²) >= 11 is -2.10. The van der Waals surface area contributed by atoms with Gasteiger partial charge in [0.2, 0.25) is 0 Å². The summed E-state index contributed by atoms with van der Waals surface area (Å²) in [6.07, 6.45) is 0.820. The second kappa shape index (κ2) is 10.9. The predicted molar refractivity (Wildman–Crippen MR) is 124 cm³/mol. The van der Waals surface area contributed by atoms with E-state index >= 15 is 0 Å². The molecular weight excluding hydrogens is 443 g/mol. The third-order valence-electron chi connectivity index (χ3n) is 4.78. The molecule has 0 saturated heterocycles. The van der Waals surface area contributed by atoms with Crippen LogP contribution in [0, 0.1) is 20.8 Å². The van der Waals surface area contributed by atoms with Crippen molar-refractivity contribution in [3.8, 4) is 5.75 Å². The average molecular weight is 468 g/mol. The average Bonchev–Trinajstić information content (AvgIpc) is 2.67. The summed E-state index contributed by atoms with van der Waals surface area (Å²) in [6, 6.07) is 17.2. The number of aryl methyl sites for hydroxylation is 5. The van der Waals surface area contributed by atoms with Gasteiger partial charge in [-0.1, -0.05) is 53.1 Å². The van der Waals surface area contributed by atoms with Gasteiger partial charge in [-0.15, -0.1) is 0 Å². The van der Waals surface area contributed by atoms with Crippen LogP contribution in [0.2, 0.25) is 0 Å². The van der Waals surface area contributed by atoms with E-state index in [9.17, 15) is 17.2 Å². The summed E-state index contributed by atoms with van der Waals surface area (Å²) in [5, 5.41) is 0. The molecule has 0 aliphatic carbocycles. The minimum Gasteiger partial charge on any atom is -0.379 e. The van der Waals surface area contributed by atoms with Crippen molar-refractivity contribution in [1.82, 2.24) is 0 Å². The van der Waals surface area contributed by atoms with E-state index in [-0.39, 0.29) is 40.2 Å². The van der Waals surface area contributed by atoms with Gasteiger partial charge in [0.1, 0.15) is 10.6 Å². The fourth-order valence-electron chi connectivity index (χ4n) is 3.26. The van der Waals surface area contributed by atoms with Crippen molar-refractivity contribution in [2.75, 3.05) is 0 Å². The second-order valence-corrected chi connectivity index (χ2v) is 9.77. The summed E-state index contributed by atoms with van der Waals surface area (Å²) in [5.74, 6) is 0.253. The van der Waals surface area contributed by atoms with Crippen LogP contribution in [0.15, 0.2) is 70.5 Å². The van der Waals surface area contributed by atoms with Crippen LogP contribution in [0.1, 0.15) is 27.8 Å². The van der Waals surface area contributed by atoms with Crippen molar-refractivity contribution in [2.24, 2.45) is 0 Å². The standard InChI is InChI=1S/C23H24O5S2.Na/c1-16-4-10-21(11-5-16)28-30(26,27)23-13-7-18(3)15-20(23)9-8-19-14-17(2)6-12-22(19)29(24)25;/h4-7,10-15H,8-9H2,1-3H3,(H,24,25);. The fourth-order valence-corrected chi connectivity index (χ4v) is 5.00. The molecule has 0 aromatic heterocycles. The Labute approximate surface area is 208 Å². The first kappa shape index (κ1) is 25.8. The second-order valence-electron chi connectivity index (χ2n) is 7.32. The van der Waals surface area contributed by atoms with Crippen molar-refractivity contribution in [2.45, 2.75) is 43.4 Å². The zero-order chi connectivity index (χ0) is 21.9. The van der Waals surface area contributed by atoms with Crippen molar-refractivity contribution in [1.29, 1.82) is 0 Å². The minimum atomic E-state index is -4.02. The number of hydrogen-bond donors (Lipinski definition) is 1. The van der Waals surface area contributed by atoms with Crippen molar-refractivity contribution in [3.63, 3.8) is 0 Å². The SMILES string of the molecule is Cc1ccc(OS(=O)(=O)c2ccc(C)cc2CCc2cc(C)ccc2S(=O)O)cc1.[Na]. The van der Waals surface area contributed by atoms with Gasteiger partial charge in [0.05, 0.1) is 4.90 Å². The molecule has 3 aromatic carbocycles. The van der Waals surface area contributed by atoms with Crippen LogP contribution in [0.4, 0.5) is 0 Å². The molecule has 1 N–H and O–H groups in total. The first-order valence-electron chi connectivity index (χ1n) is 9.47. The normalized spacial score (nSPS) is 12.1. The van der Waals surface area contributed by atoms with Crippen molar-refractivity contribution in [3.05, 3.63) is 88.5 Å². The maximum atomic E-state index is 12.9. The van der Waals surface area contributed by atoms with E-state index in [1.54, 1.807) is 48.5 Å². The van der Waals surface area contributed by atoms with E-state index in [4.69, 9.17) is 4.18 Å². The van der Waals surface area contributed by atoms with Crippen LogP contribution in [-0.4, -0.2) is 46.7 Å². The molecule has 1 radical (unpaired) electrons. The molecule has 0 fully saturated rings. The summed E-state index contributed by atoms with van der Waals surface area (Å²) < 4.78 is 52.4. The Morgan fingerprint density at radius 3 is 1.94 bits per heavy atom. The van der Waals surface area contributed by atoms with E-state index in [1.807, 2.05) is 32.9 Å². The van der Waals surface area contributed by atoms with Crippen LogP contribution in [-0.2, 0) is 34.0 Å². The number of benzene rings is 3. The Balaban J connectivity index is 0.00000341. The van der Waals surface area contributed by atoms with E-state index in [2.05, 4.69) is 0 Å². The Hall–Kier alpha value is -1.48. The van der Waals surface area contributed by atoms with E-state index < -0.39 is 21.2 Å². The van der Waals surface area contributed by atoms with Gasteiger partial charge in [0.15, 0.2) is 11.1 Å². The Morgan fingerprint density at radius 1 is 0.806 bits per heavy atom. The summed E-state index contributed by atoms with van der Waals surface area (Å²) in [6.45, 7) is 5.71. The third-order valence-corrected chi connectivity index (χ3v) is 6.90. The Kier molecular flexibility index (Phi) is 9.06. The maximum Gasteiger partial charge on any atom is 0.339 e. The van der Waals surface area contributed by atoms with E-state index in [0.29, 0.717) is 23.3 Å². The molecule has 8 heteroatoms. The molecule has 0 aliphatic heterocycles. The van der Waals surface area contributed by atoms with Crippen LogP contribution in [0.25, 0.3) is 0 Å². The first-order chi connectivity index (χ1) is 14.2. The molecule has 159 valence electrons. The quantitative estimate of drug-likeness (QED) is 0.317. The molecular formula is C23H24NaO5S2. The van der Waals surface area contributed by atoms with Crippen LogP contribution < -0.4 is 4.18 Å². The molecule has 0 aliphatic rings. The molecule has 1 unspecified atom stereocenters. The van der Waals surface area contributed by atoms with Crippen LogP contribution in [0.5, 0.6) is 5.75 Å². The topological polar surface area (TPSA) is 80.7 Å². The van der Waals surface area contributed by atoms with Gasteiger partial charge in [-0.25, -0.2) is 4.21 Å². The molecule has 31 heavy (non-hydrogen) atoms. The summed E-state index contributed by atoms with van der Waals surface area (Å²) in [7, 11) is -4.02.